The van der Waals surface area contributed by atoms with Crippen molar-refractivity contribution in [3.05, 3.63) is 77.0 Å². The highest BCUT2D eigenvalue weighted by molar-refractivity contribution is 6.30. The average Bonchev–Trinajstić information content (AvgIpc) is 3.40. The molecule has 3 amide bonds. The number of amides is 3. The number of urea groups is 1. The fourth-order valence-electron chi connectivity index (χ4n) is 3.51. The maximum absolute atomic E-state index is 13.6. The van der Waals surface area contributed by atoms with Gasteiger partial charge in [0, 0.05) is 33.6 Å². The third kappa shape index (κ3) is 10.4. The first-order valence-electron chi connectivity index (χ1n) is 12.2. The second-order valence-corrected chi connectivity index (χ2v) is 8.88. The zero-order valence-corrected chi connectivity index (χ0v) is 23.4. The smallest absolute Gasteiger partial charge is 0.318 e. The van der Waals surface area contributed by atoms with Gasteiger partial charge in [-0.3, -0.25) is 9.48 Å². The predicted molar refractivity (Wildman–Crippen MR) is 146 cm³/mol. The van der Waals surface area contributed by atoms with E-state index in [9.17, 15) is 27.6 Å². The largest absolute Gasteiger partial charge is 0.382 e. The van der Waals surface area contributed by atoms with Crippen molar-refractivity contribution in [1.82, 2.24) is 30.3 Å². The van der Waals surface area contributed by atoms with E-state index in [0.717, 1.165) is 4.90 Å². The van der Waals surface area contributed by atoms with E-state index < -0.39 is 31.1 Å². The van der Waals surface area contributed by atoms with Gasteiger partial charge in [-0.2, -0.15) is 5.10 Å². The van der Waals surface area contributed by atoms with Crippen LogP contribution in [0.5, 0.6) is 0 Å². The number of aryl methyl sites for hydroxylation is 1. The van der Waals surface area contributed by atoms with E-state index in [1.54, 1.807) is 50.6 Å². The molecular formula is C26H31ClF3N7O4. The number of nitrogens with zero attached hydrogens (tertiary/aromatic N) is 4. The van der Waals surface area contributed by atoms with Crippen molar-refractivity contribution in [3.63, 3.8) is 0 Å². The number of aldehydes is 1. The van der Waals surface area contributed by atoms with Crippen LogP contribution in [0.25, 0.3) is 0 Å². The van der Waals surface area contributed by atoms with Crippen LogP contribution >= 0.6 is 11.6 Å². The Hall–Kier alpha value is -4.17. The molecule has 0 spiro atoms. The molecule has 1 aliphatic heterocycles. The molecule has 4 rings (SSSR count). The lowest BCUT2D eigenvalue weighted by Gasteiger charge is -2.38. The van der Waals surface area contributed by atoms with Gasteiger partial charge in [0.1, 0.15) is 23.6 Å². The van der Waals surface area contributed by atoms with Gasteiger partial charge < -0.3 is 30.4 Å². The van der Waals surface area contributed by atoms with Crippen molar-refractivity contribution >= 4 is 35.6 Å². The van der Waals surface area contributed by atoms with Crippen LogP contribution in [-0.2, 0) is 16.6 Å². The third-order valence-corrected chi connectivity index (χ3v) is 5.82. The summed E-state index contributed by atoms with van der Waals surface area (Å²) in [5.41, 5.74) is 1.13. The summed E-state index contributed by atoms with van der Waals surface area (Å²) in [6, 6.07) is 9.97. The number of nitrogens with one attached hydrogen (secondary N) is 3. The number of methoxy groups -OCH3 is 1. The maximum atomic E-state index is 13.6. The van der Waals surface area contributed by atoms with Crippen LogP contribution in [0.2, 0.25) is 5.02 Å². The molecule has 1 aromatic carbocycles. The number of alkyl halides is 2. The summed E-state index contributed by atoms with van der Waals surface area (Å²) in [6.45, 7) is -1.12. The number of aromatic nitrogens is 3. The number of halogens is 4. The summed E-state index contributed by atoms with van der Waals surface area (Å²) in [7, 11) is 4.84. The second-order valence-electron chi connectivity index (χ2n) is 8.47. The monoisotopic (exact) mass is 597 g/mol. The zero-order chi connectivity index (χ0) is 30.4. The number of hydrogen-bond donors (Lipinski definition) is 3. The summed E-state index contributed by atoms with van der Waals surface area (Å²) in [4.78, 5) is 38.2. The molecule has 1 fully saturated rings. The van der Waals surface area contributed by atoms with Crippen LogP contribution in [0.3, 0.4) is 0 Å². The van der Waals surface area contributed by atoms with Gasteiger partial charge in [0.2, 0.25) is 0 Å². The highest BCUT2D eigenvalue weighted by atomic mass is 35.5. The highest BCUT2D eigenvalue weighted by Gasteiger charge is 2.42. The van der Waals surface area contributed by atoms with Gasteiger partial charge in [0.05, 0.1) is 37.3 Å². The van der Waals surface area contributed by atoms with Gasteiger partial charge in [-0.25, -0.2) is 22.9 Å². The Bertz CT molecular complexity index is 1270. The Morgan fingerprint density at radius 2 is 2.00 bits per heavy atom. The van der Waals surface area contributed by atoms with Crippen molar-refractivity contribution in [1.29, 1.82) is 0 Å². The van der Waals surface area contributed by atoms with Crippen LogP contribution in [0, 0.1) is 5.82 Å². The highest BCUT2D eigenvalue weighted by Crippen LogP contribution is 2.28. The lowest BCUT2D eigenvalue weighted by molar-refractivity contribution is -0.107. The first-order chi connectivity index (χ1) is 19.5. The molecule has 41 heavy (non-hydrogen) atoms. The average molecular weight is 598 g/mol. The number of benzene rings is 1. The Labute approximate surface area is 240 Å². The molecule has 15 heteroatoms. The van der Waals surface area contributed by atoms with Crippen LogP contribution in [0.4, 0.5) is 23.8 Å². The van der Waals surface area contributed by atoms with E-state index in [1.165, 1.54) is 30.1 Å². The van der Waals surface area contributed by atoms with E-state index in [4.69, 9.17) is 16.3 Å². The van der Waals surface area contributed by atoms with Gasteiger partial charge in [-0.05, 0) is 35.9 Å². The van der Waals surface area contributed by atoms with Crippen LogP contribution in [0.1, 0.15) is 22.1 Å². The predicted octanol–water partition coefficient (Wildman–Crippen LogP) is 3.30. The van der Waals surface area contributed by atoms with Crippen molar-refractivity contribution in [2.24, 2.45) is 7.05 Å². The number of pyridine rings is 1. The molecule has 1 atom stereocenters. The van der Waals surface area contributed by atoms with Crippen LogP contribution in [0.15, 0.2) is 54.9 Å². The van der Waals surface area contributed by atoms with Gasteiger partial charge in [-0.15, -0.1) is 0 Å². The minimum Gasteiger partial charge on any atom is -0.382 e. The minimum atomic E-state index is -2.96. The van der Waals surface area contributed by atoms with Gasteiger partial charge in [0.25, 0.3) is 11.8 Å². The molecule has 3 N–H and O–H groups in total. The number of carbonyl (C=O) groups excluding carboxylic acids is 3. The number of rotatable bonds is 8. The summed E-state index contributed by atoms with van der Waals surface area (Å²) >= 11 is 5.33. The standard InChI is InChI=1S/C13H18F2N4O2.C7H9N3O2.C6H4ClF/c1-16-11-5-9(3-4-17-11)10(6-21-2)19-8-13(14,15)7-18-12(19)20;1-10-6(2-3-9-10)7(12)8-4-5-11;7-5-3-1-2-4-6(5)8/h3-5,10H,6-8H2,1-2H3,(H,16,17)(H,18,20);2-3,5H,4H2,1H3,(H,8,12);1-4H. The van der Waals surface area contributed by atoms with Gasteiger partial charge in [0.15, 0.2) is 0 Å². The molecule has 1 aliphatic rings. The number of anilines is 1. The second kappa shape index (κ2) is 16.2. The summed E-state index contributed by atoms with van der Waals surface area (Å²) in [5.74, 6) is -3.02. The number of ether oxygens (including phenoxy) is 1. The fourth-order valence-corrected chi connectivity index (χ4v) is 3.65. The molecular weight excluding hydrogens is 567 g/mol. The Morgan fingerprint density at radius 1 is 1.27 bits per heavy atom. The maximum Gasteiger partial charge on any atom is 0.318 e. The van der Waals surface area contributed by atoms with Crippen LogP contribution in [-0.4, -0.2) is 84.2 Å². The molecule has 0 aliphatic carbocycles. The number of carbonyl (C=O) groups is 3. The van der Waals surface area contributed by atoms with Crippen molar-refractivity contribution in [2.75, 3.05) is 45.7 Å². The van der Waals surface area contributed by atoms with E-state index in [0.29, 0.717) is 23.4 Å². The Balaban J connectivity index is 0.000000246. The quantitative estimate of drug-likeness (QED) is 0.340. The molecule has 2 aromatic heterocycles. The van der Waals surface area contributed by atoms with E-state index in [1.807, 2.05) is 0 Å². The van der Waals surface area contributed by atoms with Gasteiger partial charge >= 0.3 is 6.03 Å². The van der Waals surface area contributed by atoms with Crippen molar-refractivity contribution in [2.45, 2.75) is 12.0 Å². The SMILES string of the molecule is CNc1cc(C(COC)N2CC(F)(F)CNC2=O)ccn1.Cn1nccc1C(=O)NCC=O.Fc1ccccc1Cl. The molecule has 3 heterocycles. The molecule has 1 unspecified atom stereocenters. The minimum absolute atomic E-state index is 0.0318. The van der Waals surface area contributed by atoms with E-state index in [-0.39, 0.29) is 29.9 Å². The lowest BCUT2D eigenvalue weighted by Crippen LogP contribution is -2.58. The molecule has 222 valence electrons. The van der Waals surface area contributed by atoms with E-state index in [2.05, 4.69) is 26.0 Å². The normalized spacial score (nSPS) is 14.3. The Morgan fingerprint density at radius 3 is 2.56 bits per heavy atom. The lowest BCUT2D eigenvalue weighted by atomic mass is 10.1. The number of hydrogen-bond acceptors (Lipinski definition) is 7. The topological polar surface area (TPSA) is 130 Å². The summed E-state index contributed by atoms with van der Waals surface area (Å²) in [6.07, 6.45) is 3.72. The summed E-state index contributed by atoms with van der Waals surface area (Å²) < 4.78 is 45.9. The molecule has 0 radical (unpaired) electrons. The molecule has 0 saturated carbocycles. The summed E-state index contributed by atoms with van der Waals surface area (Å²) in [5, 5.41) is 11.5. The van der Waals surface area contributed by atoms with Gasteiger partial charge in [-0.1, -0.05) is 23.7 Å². The first-order valence-corrected chi connectivity index (χ1v) is 12.6. The Kier molecular flexibility index (Phi) is 13.0. The zero-order valence-electron chi connectivity index (χ0n) is 22.6. The first kappa shape index (κ1) is 33.0. The molecule has 11 nitrogen and oxygen atoms in total. The van der Waals surface area contributed by atoms with E-state index >= 15 is 0 Å². The van der Waals surface area contributed by atoms with Crippen molar-refractivity contribution < 1.29 is 32.3 Å². The fraction of sp³-hybridized carbons (Fsp3) is 0.346. The molecule has 0 bridgehead atoms. The molecule has 3 aromatic rings. The van der Waals surface area contributed by atoms with Crippen LogP contribution < -0.4 is 16.0 Å². The third-order valence-electron chi connectivity index (χ3n) is 5.51. The van der Waals surface area contributed by atoms with Crippen molar-refractivity contribution in [3.8, 4) is 0 Å². The molecule has 1 saturated heterocycles.